The lowest BCUT2D eigenvalue weighted by Crippen LogP contribution is -2.50. The highest BCUT2D eigenvalue weighted by atomic mass is 16.4. The van der Waals surface area contributed by atoms with Gasteiger partial charge in [0, 0.05) is 5.41 Å². The maximum Gasteiger partial charge on any atom is 0.325 e. The van der Waals surface area contributed by atoms with Crippen molar-refractivity contribution < 1.29 is 14.7 Å². The molecular weight excluding hydrogens is 194 g/mol. The summed E-state index contributed by atoms with van der Waals surface area (Å²) < 4.78 is 0. The summed E-state index contributed by atoms with van der Waals surface area (Å²) in [6, 6.07) is -0.785. The summed E-state index contributed by atoms with van der Waals surface area (Å²) in [5, 5.41) is 11.3. The molecule has 1 aliphatic rings. The van der Waals surface area contributed by atoms with E-state index >= 15 is 0 Å². The molecule has 1 amide bonds. The van der Waals surface area contributed by atoms with Crippen molar-refractivity contribution in [3.05, 3.63) is 0 Å². The van der Waals surface area contributed by atoms with Crippen LogP contribution in [0.2, 0.25) is 0 Å². The summed E-state index contributed by atoms with van der Waals surface area (Å²) >= 11 is 0. The monoisotopic (exact) mass is 213 g/mol. The van der Waals surface area contributed by atoms with Crippen molar-refractivity contribution in [2.24, 2.45) is 5.41 Å². The molecule has 0 aliphatic heterocycles. The highest BCUT2D eigenvalue weighted by Gasteiger charge is 2.43. The highest BCUT2D eigenvalue weighted by molar-refractivity contribution is 5.87. The Morgan fingerprint density at radius 3 is 2.40 bits per heavy atom. The molecule has 0 saturated heterocycles. The van der Waals surface area contributed by atoms with E-state index in [4.69, 9.17) is 5.11 Å². The summed E-state index contributed by atoms with van der Waals surface area (Å²) in [4.78, 5) is 22.5. The van der Waals surface area contributed by atoms with Gasteiger partial charge >= 0.3 is 5.97 Å². The van der Waals surface area contributed by atoms with Crippen LogP contribution in [0.3, 0.4) is 0 Å². The molecule has 15 heavy (non-hydrogen) atoms. The first kappa shape index (κ1) is 12.0. The van der Waals surface area contributed by atoms with Crippen LogP contribution in [0.4, 0.5) is 0 Å². The fourth-order valence-corrected chi connectivity index (χ4v) is 2.08. The average Bonchev–Trinajstić information content (AvgIpc) is 2.10. The Bertz CT molecular complexity index is 259. The van der Waals surface area contributed by atoms with Gasteiger partial charge in [0.25, 0.3) is 0 Å². The third kappa shape index (κ3) is 2.49. The number of carbonyl (C=O) groups is 2. The molecule has 1 atom stereocenters. The van der Waals surface area contributed by atoms with E-state index in [0.717, 1.165) is 32.1 Å². The van der Waals surface area contributed by atoms with Crippen molar-refractivity contribution in [3.8, 4) is 0 Å². The topological polar surface area (TPSA) is 66.4 Å². The lowest BCUT2D eigenvalue weighted by atomic mass is 9.65. The number of hydrogen-bond acceptors (Lipinski definition) is 2. The van der Waals surface area contributed by atoms with Gasteiger partial charge < -0.3 is 10.4 Å². The lowest BCUT2D eigenvalue weighted by molar-refractivity contribution is -0.145. The summed E-state index contributed by atoms with van der Waals surface area (Å²) in [5.74, 6) is -1.06. The summed E-state index contributed by atoms with van der Waals surface area (Å²) in [6.45, 7) is 3.55. The highest BCUT2D eigenvalue weighted by Crippen LogP contribution is 2.44. The van der Waals surface area contributed by atoms with Gasteiger partial charge in [0.2, 0.25) is 5.91 Å². The van der Waals surface area contributed by atoms with Crippen molar-refractivity contribution in [1.29, 1.82) is 0 Å². The van der Waals surface area contributed by atoms with E-state index in [1.165, 1.54) is 6.92 Å². The third-order valence-electron chi connectivity index (χ3n) is 3.24. The SMILES string of the molecule is CCCC1(C(=O)N[C@@H](C)C(=O)O)CCC1. The van der Waals surface area contributed by atoms with Crippen LogP contribution in [0.15, 0.2) is 0 Å². The first-order valence-corrected chi connectivity index (χ1v) is 5.55. The standard InChI is InChI=1S/C11H19NO3/c1-3-5-11(6-4-7-11)10(15)12-8(2)9(13)14/h8H,3-7H2,1-2H3,(H,12,15)(H,13,14)/t8-/m0/s1. The van der Waals surface area contributed by atoms with Crippen molar-refractivity contribution in [3.63, 3.8) is 0 Å². The minimum atomic E-state index is -0.977. The van der Waals surface area contributed by atoms with Gasteiger partial charge in [0.1, 0.15) is 6.04 Å². The molecule has 2 N–H and O–H groups in total. The fraction of sp³-hybridized carbons (Fsp3) is 0.818. The number of rotatable bonds is 5. The van der Waals surface area contributed by atoms with Gasteiger partial charge in [-0.05, 0) is 26.2 Å². The second kappa shape index (κ2) is 4.64. The molecule has 0 aromatic carbocycles. The zero-order valence-corrected chi connectivity index (χ0v) is 9.38. The van der Waals surface area contributed by atoms with E-state index in [-0.39, 0.29) is 11.3 Å². The normalized spacial score (nSPS) is 20.1. The van der Waals surface area contributed by atoms with Crippen molar-refractivity contribution in [2.45, 2.75) is 52.0 Å². The van der Waals surface area contributed by atoms with Gasteiger partial charge in [-0.2, -0.15) is 0 Å². The van der Waals surface area contributed by atoms with Gasteiger partial charge in [-0.1, -0.05) is 19.8 Å². The first-order valence-electron chi connectivity index (χ1n) is 5.55. The van der Waals surface area contributed by atoms with Gasteiger partial charge in [-0.15, -0.1) is 0 Å². The second-order valence-electron chi connectivity index (χ2n) is 4.42. The van der Waals surface area contributed by atoms with Gasteiger partial charge in [-0.25, -0.2) is 0 Å². The molecule has 0 spiro atoms. The number of amides is 1. The number of hydrogen-bond donors (Lipinski definition) is 2. The van der Waals surface area contributed by atoms with Crippen LogP contribution in [0.1, 0.15) is 46.0 Å². The third-order valence-corrected chi connectivity index (χ3v) is 3.24. The molecule has 0 bridgehead atoms. The number of carbonyl (C=O) groups excluding carboxylic acids is 1. The van der Waals surface area contributed by atoms with Crippen molar-refractivity contribution >= 4 is 11.9 Å². The molecule has 0 heterocycles. The van der Waals surface area contributed by atoms with Crippen LogP contribution in [0.25, 0.3) is 0 Å². The molecule has 86 valence electrons. The van der Waals surface area contributed by atoms with E-state index in [1.807, 2.05) is 6.92 Å². The smallest absolute Gasteiger partial charge is 0.325 e. The largest absolute Gasteiger partial charge is 0.480 e. The average molecular weight is 213 g/mol. The molecule has 0 radical (unpaired) electrons. The Balaban J connectivity index is 2.54. The molecule has 1 aliphatic carbocycles. The molecule has 0 aromatic heterocycles. The Morgan fingerprint density at radius 1 is 1.47 bits per heavy atom. The van der Waals surface area contributed by atoms with E-state index in [9.17, 15) is 9.59 Å². The number of carboxylic acids is 1. The Morgan fingerprint density at radius 2 is 2.07 bits per heavy atom. The van der Waals surface area contributed by atoms with Crippen LogP contribution in [-0.2, 0) is 9.59 Å². The molecule has 0 unspecified atom stereocenters. The molecular formula is C11H19NO3. The molecule has 0 aromatic rings. The molecule has 4 nitrogen and oxygen atoms in total. The lowest BCUT2D eigenvalue weighted by Gasteiger charge is -2.40. The molecule has 1 rings (SSSR count). The second-order valence-corrected chi connectivity index (χ2v) is 4.42. The molecule has 1 fully saturated rings. The quantitative estimate of drug-likeness (QED) is 0.728. The van der Waals surface area contributed by atoms with E-state index in [2.05, 4.69) is 5.32 Å². The first-order chi connectivity index (χ1) is 7.02. The zero-order chi connectivity index (χ0) is 11.5. The van der Waals surface area contributed by atoms with Crippen LogP contribution in [-0.4, -0.2) is 23.0 Å². The van der Waals surface area contributed by atoms with Crippen LogP contribution >= 0.6 is 0 Å². The van der Waals surface area contributed by atoms with Crippen LogP contribution in [0, 0.1) is 5.41 Å². The van der Waals surface area contributed by atoms with Gasteiger partial charge in [-0.3, -0.25) is 9.59 Å². The van der Waals surface area contributed by atoms with E-state index in [1.54, 1.807) is 0 Å². The van der Waals surface area contributed by atoms with Gasteiger partial charge in [0.05, 0.1) is 0 Å². The molecule has 4 heteroatoms. The summed E-state index contributed by atoms with van der Waals surface area (Å²) in [7, 11) is 0. The number of nitrogens with one attached hydrogen (secondary N) is 1. The Labute approximate surface area is 90.0 Å². The summed E-state index contributed by atoms with van der Waals surface area (Å²) in [6.07, 6.45) is 4.72. The van der Waals surface area contributed by atoms with Crippen LogP contribution < -0.4 is 5.32 Å². The predicted molar refractivity (Wildman–Crippen MR) is 56.4 cm³/mol. The number of carboxylic acid groups (broad SMARTS) is 1. The van der Waals surface area contributed by atoms with Gasteiger partial charge in [0.15, 0.2) is 0 Å². The van der Waals surface area contributed by atoms with Crippen molar-refractivity contribution in [2.75, 3.05) is 0 Å². The Hall–Kier alpha value is -1.06. The maximum atomic E-state index is 11.9. The van der Waals surface area contributed by atoms with Crippen LogP contribution in [0.5, 0.6) is 0 Å². The zero-order valence-electron chi connectivity index (χ0n) is 9.38. The van der Waals surface area contributed by atoms with Crippen molar-refractivity contribution in [1.82, 2.24) is 5.32 Å². The van der Waals surface area contributed by atoms with E-state index in [0.29, 0.717) is 0 Å². The Kier molecular flexibility index (Phi) is 3.72. The fourth-order valence-electron chi connectivity index (χ4n) is 2.08. The predicted octanol–water partition coefficient (Wildman–Crippen LogP) is 1.55. The summed E-state index contributed by atoms with van der Waals surface area (Å²) in [5.41, 5.74) is -0.265. The minimum absolute atomic E-state index is 0.0782. The maximum absolute atomic E-state index is 11.9. The number of aliphatic carboxylic acids is 1. The molecule has 1 saturated carbocycles. The minimum Gasteiger partial charge on any atom is -0.480 e. The van der Waals surface area contributed by atoms with E-state index < -0.39 is 12.0 Å².